The second kappa shape index (κ2) is 9.62. The first-order valence-electron chi connectivity index (χ1n) is 7.99. The first kappa shape index (κ1) is 22.0. The number of unbranched alkanes of at least 4 members (excludes halogenated alkanes) is 1. The summed E-state index contributed by atoms with van der Waals surface area (Å²) < 4.78 is 42.2. The minimum absolute atomic E-state index is 0.259. The Hall–Kier alpha value is -1.02. The van der Waals surface area contributed by atoms with E-state index in [-0.39, 0.29) is 12.8 Å². The van der Waals surface area contributed by atoms with Gasteiger partial charge in [0.1, 0.15) is 0 Å². The van der Waals surface area contributed by atoms with Crippen LogP contribution in [-0.4, -0.2) is 27.7 Å². The number of aryl methyl sites for hydroxylation is 1. The van der Waals surface area contributed by atoms with Gasteiger partial charge in [-0.15, -0.1) is 0 Å². The summed E-state index contributed by atoms with van der Waals surface area (Å²) in [6.07, 6.45) is 4.07. The standard InChI is InChI=1S/C16H26NO6PS/c1-13(9-10-14-6-4-7-15(11-14)12-17)5-2-3-8-16(24(18,19)20)25(21,22)23/h4-7,11,16H,2-3,8-10,12,17H2,1H3,(H2,18,19,20)(H,21,22,23)/b13-5+. The number of rotatable bonds is 10. The van der Waals surface area contributed by atoms with E-state index in [2.05, 4.69) is 6.07 Å². The molecule has 0 aliphatic heterocycles. The Labute approximate surface area is 148 Å². The number of allylic oxidation sites excluding steroid dienone is 2. The molecule has 1 rings (SSSR count). The van der Waals surface area contributed by atoms with Crippen molar-refractivity contribution < 1.29 is 27.3 Å². The SMILES string of the molecule is C/C(=C\CCCC(P(=O)(O)O)S(=O)(=O)O)CCc1cccc(CN)c1. The van der Waals surface area contributed by atoms with Crippen molar-refractivity contribution in [1.82, 2.24) is 0 Å². The van der Waals surface area contributed by atoms with Crippen molar-refractivity contribution in [2.24, 2.45) is 5.73 Å². The van der Waals surface area contributed by atoms with Crippen molar-refractivity contribution in [2.45, 2.75) is 50.6 Å². The predicted octanol–water partition coefficient (Wildman–Crippen LogP) is 2.59. The maximum atomic E-state index is 11.1. The van der Waals surface area contributed by atoms with E-state index in [1.807, 2.05) is 31.2 Å². The molecule has 0 saturated carbocycles. The van der Waals surface area contributed by atoms with Crippen LogP contribution in [0.15, 0.2) is 35.9 Å². The maximum absolute atomic E-state index is 11.1. The van der Waals surface area contributed by atoms with Crippen molar-refractivity contribution in [3.8, 4) is 0 Å². The van der Waals surface area contributed by atoms with Crippen molar-refractivity contribution in [2.75, 3.05) is 0 Å². The molecule has 0 spiro atoms. The summed E-state index contributed by atoms with van der Waals surface area (Å²) >= 11 is 0. The Balaban J connectivity index is 2.48. The molecule has 1 atom stereocenters. The Morgan fingerprint density at radius 2 is 1.96 bits per heavy atom. The molecule has 0 amide bonds. The summed E-state index contributed by atoms with van der Waals surface area (Å²) in [6, 6.07) is 8.03. The van der Waals surface area contributed by atoms with Crippen LogP contribution in [0.2, 0.25) is 0 Å². The molecule has 25 heavy (non-hydrogen) atoms. The lowest BCUT2D eigenvalue weighted by Crippen LogP contribution is -2.20. The Morgan fingerprint density at radius 3 is 2.52 bits per heavy atom. The van der Waals surface area contributed by atoms with Crippen LogP contribution >= 0.6 is 7.60 Å². The van der Waals surface area contributed by atoms with Gasteiger partial charge in [0.15, 0.2) is 4.99 Å². The molecular weight excluding hydrogens is 365 g/mol. The zero-order valence-corrected chi connectivity index (χ0v) is 15.9. The normalized spacial score (nSPS) is 14.5. The molecule has 9 heteroatoms. The highest BCUT2D eigenvalue weighted by Crippen LogP contribution is 2.46. The van der Waals surface area contributed by atoms with Crippen LogP contribution in [0.5, 0.6) is 0 Å². The summed E-state index contributed by atoms with van der Waals surface area (Å²) in [5, 5.41) is 0. The lowest BCUT2D eigenvalue weighted by atomic mass is 10.0. The molecule has 0 radical (unpaired) electrons. The molecule has 0 aliphatic carbocycles. The van der Waals surface area contributed by atoms with E-state index in [1.165, 1.54) is 5.56 Å². The van der Waals surface area contributed by atoms with Gasteiger partial charge in [0.2, 0.25) is 0 Å². The molecule has 0 heterocycles. The highest BCUT2D eigenvalue weighted by molar-refractivity contribution is 7.93. The van der Waals surface area contributed by atoms with E-state index in [0.29, 0.717) is 13.0 Å². The molecule has 0 fully saturated rings. The van der Waals surface area contributed by atoms with Crippen LogP contribution in [0.3, 0.4) is 0 Å². The van der Waals surface area contributed by atoms with Crippen LogP contribution in [0.4, 0.5) is 0 Å². The van der Waals surface area contributed by atoms with Crippen LogP contribution in [0, 0.1) is 0 Å². The van der Waals surface area contributed by atoms with Gasteiger partial charge in [-0.3, -0.25) is 9.12 Å². The van der Waals surface area contributed by atoms with Gasteiger partial charge in [0.05, 0.1) is 0 Å². The van der Waals surface area contributed by atoms with Crippen molar-refractivity contribution >= 4 is 17.7 Å². The van der Waals surface area contributed by atoms with E-state index in [9.17, 15) is 13.0 Å². The van der Waals surface area contributed by atoms with E-state index in [0.717, 1.165) is 24.0 Å². The van der Waals surface area contributed by atoms with Crippen LogP contribution in [0.1, 0.15) is 43.7 Å². The fourth-order valence-corrected chi connectivity index (χ4v) is 4.86. The number of hydrogen-bond donors (Lipinski definition) is 4. The molecule has 7 nitrogen and oxygen atoms in total. The van der Waals surface area contributed by atoms with Crippen LogP contribution in [-0.2, 0) is 27.6 Å². The third-order valence-electron chi connectivity index (χ3n) is 3.90. The van der Waals surface area contributed by atoms with Gasteiger partial charge in [0, 0.05) is 6.54 Å². The van der Waals surface area contributed by atoms with Gasteiger partial charge in [0.25, 0.3) is 10.1 Å². The summed E-state index contributed by atoms with van der Waals surface area (Å²) in [5.41, 5.74) is 8.98. The van der Waals surface area contributed by atoms with Crippen LogP contribution in [0.25, 0.3) is 0 Å². The lowest BCUT2D eigenvalue weighted by molar-refractivity contribution is 0.360. The minimum atomic E-state index is -4.89. The summed E-state index contributed by atoms with van der Waals surface area (Å²) in [5.74, 6) is 0. The fourth-order valence-electron chi connectivity index (χ4n) is 2.49. The second-order valence-corrected chi connectivity index (χ2v) is 9.81. The highest BCUT2D eigenvalue weighted by atomic mass is 32.2. The molecule has 0 saturated heterocycles. The molecule has 1 aromatic rings. The first-order chi connectivity index (χ1) is 11.5. The van der Waals surface area contributed by atoms with Crippen molar-refractivity contribution in [3.05, 3.63) is 47.0 Å². The third-order valence-corrected chi connectivity index (χ3v) is 7.46. The minimum Gasteiger partial charge on any atom is -0.326 e. The van der Waals surface area contributed by atoms with Crippen molar-refractivity contribution in [3.63, 3.8) is 0 Å². The molecule has 0 aliphatic rings. The van der Waals surface area contributed by atoms with Gasteiger partial charge in [-0.25, -0.2) is 0 Å². The monoisotopic (exact) mass is 391 g/mol. The van der Waals surface area contributed by atoms with Crippen molar-refractivity contribution in [1.29, 1.82) is 0 Å². The smallest absolute Gasteiger partial charge is 0.326 e. The molecule has 142 valence electrons. The van der Waals surface area contributed by atoms with E-state index in [1.54, 1.807) is 0 Å². The number of benzene rings is 1. The summed E-state index contributed by atoms with van der Waals surface area (Å²) in [4.78, 5) is 16.0. The number of nitrogens with two attached hydrogens (primary N) is 1. The average molecular weight is 391 g/mol. The summed E-state index contributed by atoms with van der Waals surface area (Å²) in [6.45, 7) is 2.45. The zero-order valence-electron chi connectivity index (χ0n) is 14.2. The summed E-state index contributed by atoms with van der Waals surface area (Å²) in [7, 11) is -9.66. The van der Waals surface area contributed by atoms with Gasteiger partial charge < -0.3 is 15.5 Å². The first-order valence-corrected chi connectivity index (χ1v) is 11.2. The van der Waals surface area contributed by atoms with E-state index < -0.39 is 22.7 Å². The molecule has 0 aromatic heterocycles. The Bertz CT molecular complexity index is 741. The Kier molecular flexibility index (Phi) is 8.47. The average Bonchev–Trinajstić information content (AvgIpc) is 2.50. The fraction of sp³-hybridized carbons (Fsp3) is 0.500. The van der Waals surface area contributed by atoms with Gasteiger partial charge in [-0.05, 0) is 50.2 Å². The highest BCUT2D eigenvalue weighted by Gasteiger charge is 2.38. The van der Waals surface area contributed by atoms with Gasteiger partial charge >= 0.3 is 7.60 Å². The predicted molar refractivity (Wildman–Crippen MR) is 97.6 cm³/mol. The van der Waals surface area contributed by atoms with Gasteiger partial charge in [-0.1, -0.05) is 35.9 Å². The van der Waals surface area contributed by atoms with Gasteiger partial charge in [-0.2, -0.15) is 8.42 Å². The molecule has 5 N–H and O–H groups in total. The number of hydrogen-bond acceptors (Lipinski definition) is 4. The molecule has 1 aromatic carbocycles. The molecule has 1 unspecified atom stereocenters. The third kappa shape index (κ3) is 8.27. The second-order valence-electron chi connectivity index (χ2n) is 6.06. The van der Waals surface area contributed by atoms with Crippen LogP contribution < -0.4 is 5.73 Å². The Morgan fingerprint density at radius 1 is 1.32 bits per heavy atom. The lowest BCUT2D eigenvalue weighted by Gasteiger charge is -2.14. The van der Waals surface area contributed by atoms with E-state index >= 15 is 0 Å². The largest absolute Gasteiger partial charge is 0.346 e. The molecule has 0 bridgehead atoms. The zero-order chi connectivity index (χ0) is 19.1. The maximum Gasteiger partial charge on any atom is 0.346 e. The topological polar surface area (TPSA) is 138 Å². The van der Waals surface area contributed by atoms with E-state index in [4.69, 9.17) is 20.1 Å². The quantitative estimate of drug-likeness (QED) is 0.208. The molecular formula is C16H26NO6PS.